The predicted octanol–water partition coefficient (Wildman–Crippen LogP) is 7.39. The molecule has 0 amide bonds. The highest BCUT2D eigenvalue weighted by Gasteiger charge is 2.24. The third kappa shape index (κ3) is 5.68. The van der Waals surface area contributed by atoms with Crippen molar-refractivity contribution in [1.82, 2.24) is 0 Å². The van der Waals surface area contributed by atoms with E-state index in [4.69, 9.17) is 0 Å². The van der Waals surface area contributed by atoms with Gasteiger partial charge in [0.25, 0.3) is 0 Å². The lowest BCUT2D eigenvalue weighted by atomic mass is 9.81. The topological polar surface area (TPSA) is 0 Å². The van der Waals surface area contributed by atoms with Gasteiger partial charge < -0.3 is 0 Å². The highest BCUT2D eigenvalue weighted by Crippen LogP contribution is 2.32. The lowest BCUT2D eigenvalue weighted by Gasteiger charge is -2.25. The molecule has 0 N–H and O–H groups in total. The van der Waals surface area contributed by atoms with Crippen LogP contribution in [0.5, 0.6) is 0 Å². The molecule has 0 saturated carbocycles. The molecule has 0 spiro atoms. The molecule has 166 valence electrons. The second-order valence-electron chi connectivity index (χ2n) is 8.39. The van der Waals surface area contributed by atoms with Crippen molar-refractivity contribution in [2.45, 2.75) is 43.9 Å². The van der Waals surface area contributed by atoms with Gasteiger partial charge in [0.15, 0.2) is 0 Å². The van der Waals surface area contributed by atoms with Gasteiger partial charge >= 0.3 is 0 Å². The molecule has 3 aromatic rings. The quantitative estimate of drug-likeness (QED) is 0.292. The Kier molecular flexibility index (Phi) is 7.54. The van der Waals surface area contributed by atoms with Gasteiger partial charge in [-0.15, -0.1) is 11.8 Å². The van der Waals surface area contributed by atoms with E-state index in [2.05, 4.69) is 42.7 Å². The zero-order chi connectivity index (χ0) is 23.2. The van der Waals surface area contributed by atoms with Crippen LogP contribution in [-0.2, 0) is 12.8 Å². The van der Waals surface area contributed by atoms with Crippen molar-refractivity contribution in [2.24, 2.45) is 5.92 Å². The maximum atomic E-state index is 15.0. The molecule has 1 atom stereocenters. The molecule has 3 aromatic carbocycles. The van der Waals surface area contributed by atoms with E-state index in [0.717, 1.165) is 42.4 Å². The number of fused-ring (bicyclic) bond motifs is 1. The molecule has 1 aliphatic rings. The minimum absolute atomic E-state index is 0.125. The number of rotatable bonds is 3. The fourth-order valence-electron chi connectivity index (χ4n) is 4.28. The molecule has 4 rings (SSSR count). The smallest absolute Gasteiger partial charge is 0.145 e. The van der Waals surface area contributed by atoms with Crippen LogP contribution in [0.15, 0.2) is 59.5 Å². The molecule has 0 aliphatic heterocycles. The molecule has 0 fully saturated rings. The molecule has 0 heterocycles. The summed E-state index contributed by atoms with van der Waals surface area (Å²) in [6.45, 7) is 2.15. The van der Waals surface area contributed by atoms with Gasteiger partial charge in [-0.1, -0.05) is 43.4 Å². The molecule has 0 aromatic heterocycles. The summed E-state index contributed by atoms with van der Waals surface area (Å²) in [6.07, 6.45) is 6.63. The van der Waals surface area contributed by atoms with E-state index in [9.17, 15) is 4.39 Å². The van der Waals surface area contributed by atoms with Crippen molar-refractivity contribution < 1.29 is 8.78 Å². The normalized spacial score (nSPS) is 14.5. The lowest BCUT2D eigenvalue weighted by Crippen LogP contribution is -2.17. The molecule has 1 unspecified atom stereocenters. The molecular formula is C30H26F2S. The summed E-state index contributed by atoms with van der Waals surface area (Å²) in [5.41, 5.74) is 3.85. The predicted molar refractivity (Wildman–Crippen MR) is 133 cm³/mol. The third-order valence-electron chi connectivity index (χ3n) is 6.08. The van der Waals surface area contributed by atoms with Crippen LogP contribution in [0.2, 0.25) is 0 Å². The minimum atomic E-state index is -0.564. The summed E-state index contributed by atoms with van der Waals surface area (Å²) in [5, 5.41) is 0. The highest BCUT2D eigenvalue weighted by molar-refractivity contribution is 7.98. The molecule has 0 nitrogen and oxygen atoms in total. The average molecular weight is 457 g/mol. The second-order valence-corrected chi connectivity index (χ2v) is 9.27. The van der Waals surface area contributed by atoms with Crippen molar-refractivity contribution in [3.05, 3.63) is 99.6 Å². The Morgan fingerprint density at radius 3 is 2.03 bits per heavy atom. The van der Waals surface area contributed by atoms with Gasteiger partial charge in [0.2, 0.25) is 0 Å². The van der Waals surface area contributed by atoms with E-state index in [1.54, 1.807) is 11.8 Å². The van der Waals surface area contributed by atoms with Gasteiger partial charge in [0.1, 0.15) is 11.6 Å². The monoisotopic (exact) mass is 456 g/mol. The van der Waals surface area contributed by atoms with Crippen LogP contribution >= 0.6 is 11.8 Å². The molecule has 1 aliphatic carbocycles. The van der Waals surface area contributed by atoms with E-state index in [1.807, 2.05) is 42.7 Å². The standard InChI is InChI=1S/C30H26F2S/c1-3-4-24-14-17-27-25(19-24)20-29(31)28(30(27)32)18-13-22-8-5-21(6-9-22)7-10-23-11-15-26(33-2)16-12-23/h5-6,8-9,11-12,15-16,20,24H,3-4,14,17,19H2,1-2H3. The SMILES string of the molecule is CCCC1CCc2c(cc(F)c(C#Cc3ccc(C#Cc4ccc(SC)cc4)cc3)c2F)C1. The van der Waals surface area contributed by atoms with E-state index in [-0.39, 0.29) is 5.56 Å². The summed E-state index contributed by atoms with van der Waals surface area (Å²) in [4.78, 5) is 1.20. The third-order valence-corrected chi connectivity index (χ3v) is 6.82. The first-order valence-corrected chi connectivity index (χ1v) is 12.6. The lowest BCUT2D eigenvalue weighted by molar-refractivity contribution is 0.411. The summed E-state index contributed by atoms with van der Waals surface area (Å²) in [5.74, 6) is 11.4. The average Bonchev–Trinajstić information content (AvgIpc) is 2.83. The first-order chi connectivity index (χ1) is 16.1. The van der Waals surface area contributed by atoms with Crippen molar-refractivity contribution in [3.63, 3.8) is 0 Å². The molecule has 3 heteroatoms. The summed E-state index contributed by atoms with van der Waals surface area (Å²) in [6, 6.07) is 17.0. The van der Waals surface area contributed by atoms with Crippen molar-refractivity contribution >= 4 is 11.8 Å². The van der Waals surface area contributed by atoms with Crippen LogP contribution in [0.1, 0.15) is 59.6 Å². The van der Waals surface area contributed by atoms with Crippen LogP contribution < -0.4 is 0 Å². The molecule has 0 radical (unpaired) electrons. The van der Waals surface area contributed by atoms with Crippen LogP contribution in [0.3, 0.4) is 0 Å². The maximum absolute atomic E-state index is 15.0. The van der Waals surface area contributed by atoms with Crippen LogP contribution in [-0.4, -0.2) is 6.26 Å². The van der Waals surface area contributed by atoms with Gasteiger partial charge in [-0.05, 0) is 97.2 Å². The molecular weight excluding hydrogens is 430 g/mol. The fraction of sp³-hybridized carbons (Fsp3) is 0.267. The van der Waals surface area contributed by atoms with Crippen molar-refractivity contribution in [3.8, 4) is 23.7 Å². The molecule has 33 heavy (non-hydrogen) atoms. The number of hydrogen-bond donors (Lipinski definition) is 0. The van der Waals surface area contributed by atoms with Crippen molar-refractivity contribution in [2.75, 3.05) is 6.26 Å². The summed E-state index contributed by atoms with van der Waals surface area (Å²) < 4.78 is 29.7. The number of halogens is 2. The Labute approximate surface area is 199 Å². The first kappa shape index (κ1) is 23.2. The van der Waals surface area contributed by atoms with Crippen molar-refractivity contribution in [1.29, 1.82) is 0 Å². The minimum Gasteiger partial charge on any atom is -0.206 e. The highest BCUT2D eigenvalue weighted by atomic mass is 32.2. The summed E-state index contributed by atoms with van der Waals surface area (Å²) in [7, 11) is 0. The van der Waals surface area contributed by atoms with E-state index < -0.39 is 11.6 Å². The molecule has 0 saturated heterocycles. The Morgan fingerprint density at radius 2 is 1.45 bits per heavy atom. The van der Waals surface area contributed by atoms with Gasteiger partial charge in [0.05, 0.1) is 5.56 Å². The zero-order valence-electron chi connectivity index (χ0n) is 19.0. The first-order valence-electron chi connectivity index (χ1n) is 11.3. The van der Waals surface area contributed by atoms with E-state index in [0.29, 0.717) is 23.5 Å². The van der Waals surface area contributed by atoms with Crippen LogP contribution in [0, 0.1) is 41.2 Å². The van der Waals surface area contributed by atoms with E-state index in [1.165, 1.54) is 11.0 Å². The van der Waals surface area contributed by atoms with Gasteiger partial charge in [-0.2, -0.15) is 0 Å². The number of hydrogen-bond acceptors (Lipinski definition) is 1. The maximum Gasteiger partial charge on any atom is 0.145 e. The molecule has 0 bridgehead atoms. The van der Waals surface area contributed by atoms with Gasteiger partial charge in [-0.3, -0.25) is 0 Å². The Hall–Kier alpha value is -3.01. The van der Waals surface area contributed by atoms with E-state index >= 15 is 4.39 Å². The Balaban J connectivity index is 1.50. The van der Waals surface area contributed by atoms with Crippen LogP contribution in [0.25, 0.3) is 0 Å². The van der Waals surface area contributed by atoms with Crippen LogP contribution in [0.4, 0.5) is 8.78 Å². The Bertz CT molecular complexity index is 1250. The second kappa shape index (κ2) is 10.7. The summed E-state index contributed by atoms with van der Waals surface area (Å²) >= 11 is 1.70. The fourth-order valence-corrected chi connectivity index (χ4v) is 4.69. The van der Waals surface area contributed by atoms with Gasteiger partial charge in [0, 0.05) is 21.6 Å². The number of thioether (sulfide) groups is 1. The zero-order valence-corrected chi connectivity index (χ0v) is 19.8. The number of benzene rings is 3. The Morgan fingerprint density at radius 1 is 0.879 bits per heavy atom. The van der Waals surface area contributed by atoms with Gasteiger partial charge in [-0.25, -0.2) is 8.78 Å². The largest absolute Gasteiger partial charge is 0.206 e.